The van der Waals surface area contributed by atoms with E-state index in [9.17, 15) is 4.79 Å². The van der Waals surface area contributed by atoms with E-state index in [2.05, 4.69) is 5.10 Å². The number of hydrogen-bond acceptors (Lipinski definition) is 5. The lowest BCUT2D eigenvalue weighted by molar-refractivity contribution is -0.130. The Kier molecular flexibility index (Phi) is 5.64. The van der Waals surface area contributed by atoms with Crippen LogP contribution in [0.2, 0.25) is 0 Å². The molecule has 0 spiro atoms. The topological polar surface area (TPSA) is 60.4 Å². The minimum atomic E-state index is -0.153. The number of hydrazone groups is 1. The molecule has 0 fully saturated rings. The first kappa shape index (κ1) is 18.8. The largest absolute Gasteiger partial charge is 0.497 e. The zero-order valence-corrected chi connectivity index (χ0v) is 16.1. The van der Waals surface area contributed by atoms with Crippen LogP contribution in [0.4, 0.5) is 0 Å². The molecule has 27 heavy (non-hydrogen) atoms. The zero-order chi connectivity index (χ0) is 19.4. The van der Waals surface area contributed by atoms with Gasteiger partial charge in [-0.1, -0.05) is 12.1 Å². The van der Waals surface area contributed by atoms with Crippen molar-refractivity contribution in [1.82, 2.24) is 5.01 Å². The quantitative estimate of drug-likeness (QED) is 0.778. The number of methoxy groups -OCH3 is 2. The number of rotatable bonds is 6. The molecule has 1 aliphatic rings. The lowest BCUT2D eigenvalue weighted by Crippen LogP contribution is -2.24. The van der Waals surface area contributed by atoms with Crippen molar-refractivity contribution in [2.24, 2.45) is 5.10 Å². The van der Waals surface area contributed by atoms with E-state index in [1.165, 1.54) is 11.9 Å². The molecule has 1 amide bonds. The van der Waals surface area contributed by atoms with Crippen molar-refractivity contribution in [3.63, 3.8) is 0 Å². The van der Waals surface area contributed by atoms with E-state index in [-0.39, 0.29) is 11.9 Å². The summed E-state index contributed by atoms with van der Waals surface area (Å²) in [6, 6.07) is 13.2. The highest BCUT2D eigenvalue weighted by Crippen LogP contribution is 2.36. The van der Waals surface area contributed by atoms with Gasteiger partial charge in [0, 0.05) is 25.0 Å². The minimum Gasteiger partial charge on any atom is -0.497 e. The molecular formula is C21H24N2O4. The standard InChI is InChI=1S/C21H24N2O4/c1-5-27-16-8-6-15(7-9-16)20-13-19(22-23(20)14(2)24)18-11-10-17(25-3)12-21(18)26-4/h6-12,20H,5,13H2,1-4H3/t20-/m1/s1. The predicted octanol–water partition coefficient (Wildman–Crippen LogP) is 3.80. The van der Waals surface area contributed by atoms with Gasteiger partial charge in [-0.15, -0.1) is 0 Å². The number of nitrogens with zero attached hydrogens (tertiary/aromatic N) is 2. The van der Waals surface area contributed by atoms with Gasteiger partial charge in [0.05, 0.1) is 32.6 Å². The summed E-state index contributed by atoms with van der Waals surface area (Å²) in [5.74, 6) is 2.09. The molecule has 6 heteroatoms. The number of carbonyl (C=O) groups is 1. The van der Waals surface area contributed by atoms with E-state index in [4.69, 9.17) is 14.2 Å². The predicted molar refractivity (Wildman–Crippen MR) is 104 cm³/mol. The SMILES string of the molecule is CCOc1ccc([C@H]2CC(c3ccc(OC)cc3OC)=NN2C(C)=O)cc1. The summed E-state index contributed by atoms with van der Waals surface area (Å²) >= 11 is 0. The fourth-order valence-electron chi connectivity index (χ4n) is 3.21. The molecule has 0 radical (unpaired) electrons. The van der Waals surface area contributed by atoms with Gasteiger partial charge in [0.2, 0.25) is 5.91 Å². The monoisotopic (exact) mass is 368 g/mol. The van der Waals surface area contributed by atoms with Gasteiger partial charge in [0.1, 0.15) is 17.2 Å². The van der Waals surface area contributed by atoms with Gasteiger partial charge in [0.25, 0.3) is 0 Å². The molecule has 142 valence electrons. The van der Waals surface area contributed by atoms with Crippen molar-refractivity contribution in [2.75, 3.05) is 20.8 Å². The van der Waals surface area contributed by atoms with Crippen LogP contribution in [0.25, 0.3) is 0 Å². The van der Waals surface area contributed by atoms with E-state index in [0.717, 1.165) is 22.6 Å². The molecule has 1 atom stereocenters. The van der Waals surface area contributed by atoms with E-state index < -0.39 is 0 Å². The molecule has 2 aromatic rings. The van der Waals surface area contributed by atoms with Crippen molar-refractivity contribution < 1.29 is 19.0 Å². The van der Waals surface area contributed by atoms with Crippen LogP contribution in [0.1, 0.15) is 37.4 Å². The van der Waals surface area contributed by atoms with Gasteiger partial charge < -0.3 is 14.2 Å². The zero-order valence-electron chi connectivity index (χ0n) is 16.1. The second-order valence-electron chi connectivity index (χ2n) is 6.20. The molecule has 6 nitrogen and oxygen atoms in total. The van der Waals surface area contributed by atoms with E-state index in [1.54, 1.807) is 14.2 Å². The molecule has 1 aliphatic heterocycles. The lowest BCUT2D eigenvalue weighted by atomic mass is 9.97. The first-order valence-electron chi connectivity index (χ1n) is 8.89. The maximum Gasteiger partial charge on any atom is 0.240 e. The van der Waals surface area contributed by atoms with Gasteiger partial charge in [-0.05, 0) is 36.8 Å². The Hall–Kier alpha value is -3.02. The van der Waals surface area contributed by atoms with Gasteiger partial charge in [-0.2, -0.15) is 5.10 Å². The van der Waals surface area contributed by atoms with Crippen molar-refractivity contribution in [1.29, 1.82) is 0 Å². The lowest BCUT2D eigenvalue weighted by Gasteiger charge is -2.20. The van der Waals surface area contributed by atoms with Crippen LogP contribution in [0, 0.1) is 0 Å². The highest BCUT2D eigenvalue weighted by atomic mass is 16.5. The fourth-order valence-corrected chi connectivity index (χ4v) is 3.21. The molecule has 0 aromatic heterocycles. The van der Waals surface area contributed by atoms with Crippen molar-refractivity contribution >= 4 is 11.6 Å². The summed E-state index contributed by atoms with van der Waals surface area (Å²) in [4.78, 5) is 12.2. The molecule has 0 saturated heterocycles. The minimum absolute atomic E-state index is 0.101. The smallest absolute Gasteiger partial charge is 0.240 e. The number of carbonyl (C=O) groups excluding carboxylic acids is 1. The van der Waals surface area contributed by atoms with Crippen LogP contribution in [-0.2, 0) is 4.79 Å². The van der Waals surface area contributed by atoms with Crippen LogP contribution >= 0.6 is 0 Å². The van der Waals surface area contributed by atoms with Gasteiger partial charge in [-0.25, -0.2) is 5.01 Å². The summed E-state index contributed by atoms with van der Waals surface area (Å²) in [5, 5.41) is 6.12. The van der Waals surface area contributed by atoms with Crippen molar-refractivity contribution in [3.05, 3.63) is 53.6 Å². The van der Waals surface area contributed by atoms with Crippen LogP contribution in [0.3, 0.4) is 0 Å². The van der Waals surface area contributed by atoms with Gasteiger partial charge in [0.15, 0.2) is 0 Å². The van der Waals surface area contributed by atoms with Crippen LogP contribution < -0.4 is 14.2 Å². The third-order valence-corrected chi connectivity index (χ3v) is 4.53. The fraction of sp³-hybridized carbons (Fsp3) is 0.333. The second kappa shape index (κ2) is 8.12. The molecule has 0 bridgehead atoms. The summed E-state index contributed by atoms with van der Waals surface area (Å²) in [6.07, 6.45) is 0.607. The Morgan fingerprint density at radius 3 is 2.41 bits per heavy atom. The summed E-state index contributed by atoms with van der Waals surface area (Å²) in [5.41, 5.74) is 2.68. The van der Waals surface area contributed by atoms with Gasteiger partial charge in [-0.3, -0.25) is 4.79 Å². The highest BCUT2D eigenvalue weighted by Gasteiger charge is 2.32. The van der Waals surface area contributed by atoms with E-state index >= 15 is 0 Å². The Bertz CT molecular complexity index is 846. The Balaban J connectivity index is 1.91. The molecule has 0 saturated carbocycles. The first-order valence-corrected chi connectivity index (χ1v) is 8.89. The Morgan fingerprint density at radius 1 is 1.11 bits per heavy atom. The Morgan fingerprint density at radius 2 is 1.81 bits per heavy atom. The number of hydrogen-bond donors (Lipinski definition) is 0. The van der Waals surface area contributed by atoms with Crippen molar-refractivity contribution in [3.8, 4) is 17.2 Å². The van der Waals surface area contributed by atoms with Crippen molar-refractivity contribution in [2.45, 2.75) is 26.3 Å². The van der Waals surface area contributed by atoms with E-state index in [0.29, 0.717) is 24.5 Å². The molecule has 0 N–H and O–H groups in total. The number of benzene rings is 2. The average Bonchev–Trinajstić information content (AvgIpc) is 3.14. The Labute approximate surface area is 159 Å². The normalized spacial score (nSPS) is 16.1. The van der Waals surface area contributed by atoms with Crippen LogP contribution in [0.5, 0.6) is 17.2 Å². The molecule has 0 aliphatic carbocycles. The first-order chi connectivity index (χ1) is 13.1. The summed E-state index contributed by atoms with van der Waals surface area (Å²) in [7, 11) is 3.22. The average molecular weight is 368 g/mol. The number of amides is 1. The molecular weight excluding hydrogens is 344 g/mol. The maximum absolute atomic E-state index is 12.2. The van der Waals surface area contributed by atoms with Crippen LogP contribution in [-0.4, -0.2) is 37.5 Å². The summed E-state index contributed by atoms with van der Waals surface area (Å²) < 4.78 is 16.3. The van der Waals surface area contributed by atoms with Crippen LogP contribution in [0.15, 0.2) is 47.6 Å². The molecule has 3 rings (SSSR count). The second-order valence-corrected chi connectivity index (χ2v) is 6.20. The summed E-state index contributed by atoms with van der Waals surface area (Å²) in [6.45, 7) is 4.09. The number of ether oxygens (including phenoxy) is 3. The third kappa shape index (κ3) is 3.89. The molecule has 1 heterocycles. The molecule has 2 aromatic carbocycles. The highest BCUT2D eigenvalue weighted by molar-refractivity contribution is 6.05. The van der Waals surface area contributed by atoms with E-state index in [1.807, 2.05) is 49.4 Å². The van der Waals surface area contributed by atoms with Gasteiger partial charge >= 0.3 is 0 Å². The third-order valence-electron chi connectivity index (χ3n) is 4.53. The molecule has 0 unspecified atom stereocenters. The maximum atomic E-state index is 12.2.